The summed E-state index contributed by atoms with van der Waals surface area (Å²) in [6, 6.07) is 6.63. The lowest BCUT2D eigenvalue weighted by atomic mass is 10.0. The number of nitriles is 1. The Morgan fingerprint density at radius 3 is 2.86 bits per heavy atom. The molecule has 0 radical (unpaired) electrons. The van der Waals surface area contributed by atoms with Crippen LogP contribution in [0.5, 0.6) is 0 Å². The maximum atomic E-state index is 13.1. The summed E-state index contributed by atoms with van der Waals surface area (Å²) in [6.07, 6.45) is 1.41. The van der Waals surface area contributed by atoms with E-state index in [0.29, 0.717) is 6.42 Å². The number of nitrogens with zero attached hydrogens (tertiary/aromatic N) is 1. The monoisotopic (exact) mass is 192 g/mol. The highest BCUT2D eigenvalue weighted by molar-refractivity contribution is 5.38. The summed E-state index contributed by atoms with van der Waals surface area (Å²) in [7, 11) is 0. The van der Waals surface area contributed by atoms with Crippen LogP contribution in [0.1, 0.15) is 24.5 Å². The number of hydrogen-bond donors (Lipinski definition) is 1. The first-order valence-corrected chi connectivity index (χ1v) is 4.58. The van der Waals surface area contributed by atoms with E-state index in [1.54, 1.807) is 12.1 Å². The molecule has 1 aromatic rings. The molecule has 1 atom stereocenters. The molecule has 0 aliphatic heterocycles. The van der Waals surface area contributed by atoms with Crippen molar-refractivity contribution >= 4 is 0 Å². The molecule has 0 unspecified atom stereocenters. The van der Waals surface area contributed by atoms with Crippen molar-refractivity contribution in [1.29, 1.82) is 5.26 Å². The van der Waals surface area contributed by atoms with Gasteiger partial charge in [0.25, 0.3) is 0 Å². The van der Waals surface area contributed by atoms with Crippen molar-refractivity contribution in [2.45, 2.75) is 25.8 Å². The first kappa shape index (κ1) is 10.7. The lowest BCUT2D eigenvalue weighted by Crippen LogP contribution is -2.15. The number of benzene rings is 1. The van der Waals surface area contributed by atoms with Gasteiger partial charge in [0.05, 0.1) is 5.56 Å². The third-order valence-corrected chi connectivity index (χ3v) is 2.08. The van der Waals surface area contributed by atoms with Gasteiger partial charge in [0.2, 0.25) is 0 Å². The van der Waals surface area contributed by atoms with Crippen LogP contribution >= 0.6 is 0 Å². The van der Waals surface area contributed by atoms with E-state index in [4.69, 9.17) is 11.0 Å². The van der Waals surface area contributed by atoms with Crippen LogP contribution in [0.15, 0.2) is 18.2 Å². The number of nitrogens with two attached hydrogens (primary N) is 1. The van der Waals surface area contributed by atoms with Crippen LogP contribution in [0.3, 0.4) is 0 Å². The smallest absolute Gasteiger partial charge is 0.141 e. The van der Waals surface area contributed by atoms with E-state index in [1.165, 1.54) is 6.07 Å². The zero-order valence-electron chi connectivity index (χ0n) is 8.13. The molecule has 0 bridgehead atoms. The summed E-state index contributed by atoms with van der Waals surface area (Å²) in [5.74, 6) is -0.449. The molecule has 3 heteroatoms. The normalized spacial score (nSPS) is 12.1. The summed E-state index contributed by atoms with van der Waals surface area (Å²) >= 11 is 0. The molecule has 2 N–H and O–H groups in total. The maximum Gasteiger partial charge on any atom is 0.141 e. The molecule has 1 aromatic carbocycles. The zero-order valence-corrected chi connectivity index (χ0v) is 8.13. The molecule has 0 aromatic heterocycles. The number of hydrogen-bond acceptors (Lipinski definition) is 2. The van der Waals surface area contributed by atoms with Gasteiger partial charge in [0.1, 0.15) is 11.9 Å². The Labute approximate surface area is 83.2 Å². The maximum absolute atomic E-state index is 13.1. The lowest BCUT2D eigenvalue weighted by molar-refractivity contribution is 0.615. The van der Waals surface area contributed by atoms with Gasteiger partial charge in [-0.1, -0.05) is 12.1 Å². The molecule has 2 nitrogen and oxygen atoms in total. The number of aryl methyl sites for hydroxylation is 1. The summed E-state index contributed by atoms with van der Waals surface area (Å²) in [4.78, 5) is 0. The average Bonchev–Trinajstić information content (AvgIpc) is 2.14. The highest BCUT2D eigenvalue weighted by atomic mass is 19.1. The average molecular weight is 192 g/mol. The molecule has 0 aliphatic carbocycles. The van der Waals surface area contributed by atoms with Crippen LogP contribution in [-0.4, -0.2) is 6.04 Å². The topological polar surface area (TPSA) is 49.8 Å². The number of rotatable bonds is 3. The quantitative estimate of drug-likeness (QED) is 0.796. The van der Waals surface area contributed by atoms with Gasteiger partial charge in [-0.25, -0.2) is 4.39 Å². The Hall–Kier alpha value is -1.40. The van der Waals surface area contributed by atoms with Crippen LogP contribution < -0.4 is 5.73 Å². The van der Waals surface area contributed by atoms with Crippen molar-refractivity contribution in [3.8, 4) is 6.07 Å². The Morgan fingerprint density at radius 1 is 1.57 bits per heavy atom. The van der Waals surface area contributed by atoms with Gasteiger partial charge in [0.15, 0.2) is 0 Å². The van der Waals surface area contributed by atoms with E-state index in [1.807, 2.05) is 13.0 Å². The van der Waals surface area contributed by atoms with Gasteiger partial charge in [-0.3, -0.25) is 0 Å². The van der Waals surface area contributed by atoms with E-state index >= 15 is 0 Å². The minimum Gasteiger partial charge on any atom is -0.328 e. The molecule has 0 saturated heterocycles. The minimum atomic E-state index is -0.449. The molecule has 0 amide bonds. The molecular weight excluding hydrogens is 179 g/mol. The third kappa shape index (κ3) is 2.54. The predicted molar refractivity (Wildman–Crippen MR) is 53.1 cm³/mol. The molecule has 0 heterocycles. The van der Waals surface area contributed by atoms with Crippen LogP contribution in [0.4, 0.5) is 4.39 Å². The van der Waals surface area contributed by atoms with E-state index in [0.717, 1.165) is 12.0 Å². The van der Waals surface area contributed by atoms with Crippen LogP contribution in [0.2, 0.25) is 0 Å². The zero-order chi connectivity index (χ0) is 10.6. The second kappa shape index (κ2) is 4.73. The van der Waals surface area contributed by atoms with E-state index in [2.05, 4.69) is 0 Å². The Kier molecular flexibility index (Phi) is 3.61. The van der Waals surface area contributed by atoms with E-state index in [-0.39, 0.29) is 11.6 Å². The Morgan fingerprint density at radius 2 is 2.29 bits per heavy atom. The van der Waals surface area contributed by atoms with Gasteiger partial charge < -0.3 is 5.73 Å². The predicted octanol–water partition coefficient (Wildman–Crippen LogP) is 1.98. The van der Waals surface area contributed by atoms with E-state index < -0.39 is 5.82 Å². The van der Waals surface area contributed by atoms with Gasteiger partial charge in [-0.15, -0.1) is 0 Å². The van der Waals surface area contributed by atoms with Crippen LogP contribution in [0.25, 0.3) is 0 Å². The van der Waals surface area contributed by atoms with Gasteiger partial charge in [0, 0.05) is 6.04 Å². The van der Waals surface area contributed by atoms with Crippen molar-refractivity contribution in [1.82, 2.24) is 0 Å². The highest BCUT2D eigenvalue weighted by Crippen LogP contribution is 2.14. The molecule has 14 heavy (non-hydrogen) atoms. The summed E-state index contributed by atoms with van der Waals surface area (Å²) in [5.41, 5.74) is 6.48. The van der Waals surface area contributed by atoms with Gasteiger partial charge in [-0.2, -0.15) is 5.26 Å². The second-order valence-corrected chi connectivity index (χ2v) is 3.40. The first-order valence-electron chi connectivity index (χ1n) is 4.58. The molecular formula is C11H13FN2. The summed E-state index contributed by atoms with van der Waals surface area (Å²) in [6.45, 7) is 1.89. The Bertz CT molecular complexity index is 353. The molecule has 0 aliphatic rings. The Balaban J connectivity index is 2.87. The fourth-order valence-electron chi connectivity index (χ4n) is 1.29. The van der Waals surface area contributed by atoms with Crippen molar-refractivity contribution < 1.29 is 4.39 Å². The van der Waals surface area contributed by atoms with Crippen molar-refractivity contribution in [2.24, 2.45) is 5.73 Å². The molecule has 74 valence electrons. The summed E-state index contributed by atoms with van der Waals surface area (Å²) in [5, 5.41) is 8.74. The third-order valence-electron chi connectivity index (χ3n) is 2.08. The standard InChI is InChI=1S/C11H13FN2/c1-8(14)5-6-9-3-2-4-11(12)10(9)7-13/h2-4,8H,5-6,14H2,1H3/t8-/m0/s1. The van der Waals surface area contributed by atoms with E-state index in [9.17, 15) is 4.39 Å². The SMILES string of the molecule is C[C@H](N)CCc1cccc(F)c1C#N. The summed E-state index contributed by atoms with van der Waals surface area (Å²) < 4.78 is 13.1. The fraction of sp³-hybridized carbons (Fsp3) is 0.364. The van der Waals surface area contributed by atoms with Crippen molar-refractivity contribution in [3.63, 3.8) is 0 Å². The molecule has 0 saturated carbocycles. The molecule has 0 spiro atoms. The van der Waals surface area contributed by atoms with Crippen LogP contribution in [-0.2, 0) is 6.42 Å². The highest BCUT2D eigenvalue weighted by Gasteiger charge is 2.07. The van der Waals surface area contributed by atoms with Gasteiger partial charge >= 0.3 is 0 Å². The van der Waals surface area contributed by atoms with Crippen LogP contribution in [0, 0.1) is 17.1 Å². The second-order valence-electron chi connectivity index (χ2n) is 3.40. The van der Waals surface area contributed by atoms with Crippen molar-refractivity contribution in [3.05, 3.63) is 35.1 Å². The largest absolute Gasteiger partial charge is 0.328 e. The van der Waals surface area contributed by atoms with Crippen molar-refractivity contribution in [2.75, 3.05) is 0 Å². The molecule has 1 rings (SSSR count). The minimum absolute atomic E-state index is 0.0739. The fourth-order valence-corrected chi connectivity index (χ4v) is 1.29. The first-order chi connectivity index (χ1) is 6.65. The number of halogens is 1. The lowest BCUT2D eigenvalue weighted by Gasteiger charge is -2.06. The molecule has 0 fully saturated rings. The van der Waals surface area contributed by atoms with Gasteiger partial charge in [-0.05, 0) is 31.4 Å².